The Morgan fingerprint density at radius 3 is 1.97 bits per heavy atom. The number of rotatable bonds is 18. The van der Waals surface area contributed by atoms with E-state index in [0.29, 0.717) is 5.75 Å². The standard InChI is InChI=1S/C22H36O5.H3O4P/c1-3-5-7-9-11-14-18-21(17-13-10-8-6-4-2)23-25-27-26-24-22-19-15-12-16-20-22;1-5(2,3)4/h12,15-16,18-20H,3-11,13-14,17H2,1-2H3;(H3,1,2,3,4). The van der Waals surface area contributed by atoms with Crippen LogP contribution in [0.15, 0.2) is 42.2 Å². The molecule has 0 aliphatic heterocycles. The van der Waals surface area contributed by atoms with E-state index < -0.39 is 7.82 Å². The predicted octanol–water partition coefficient (Wildman–Crippen LogP) is 6.47. The van der Waals surface area contributed by atoms with Crippen LogP contribution in [-0.4, -0.2) is 14.7 Å². The van der Waals surface area contributed by atoms with Gasteiger partial charge in [-0.1, -0.05) is 83.4 Å². The van der Waals surface area contributed by atoms with Crippen LogP contribution in [0.25, 0.3) is 0 Å². The van der Waals surface area contributed by atoms with E-state index in [4.69, 9.17) is 29.0 Å². The van der Waals surface area contributed by atoms with E-state index in [2.05, 4.69) is 35.0 Å². The van der Waals surface area contributed by atoms with Gasteiger partial charge in [-0.15, -0.1) is 0 Å². The lowest BCUT2D eigenvalue weighted by Crippen LogP contribution is -2.02. The summed E-state index contributed by atoms with van der Waals surface area (Å²) in [4.78, 5) is 31.7. The van der Waals surface area contributed by atoms with E-state index in [1.54, 1.807) is 12.1 Å². The van der Waals surface area contributed by atoms with Crippen molar-refractivity contribution < 1.29 is 44.1 Å². The Morgan fingerprint density at radius 2 is 1.38 bits per heavy atom. The number of para-hydroxylation sites is 1. The van der Waals surface area contributed by atoms with Crippen LogP contribution in [0.2, 0.25) is 0 Å². The van der Waals surface area contributed by atoms with Crippen LogP contribution in [0.4, 0.5) is 0 Å². The number of hydrogen-bond acceptors (Lipinski definition) is 6. The third-order valence-electron chi connectivity index (χ3n) is 4.28. The molecule has 32 heavy (non-hydrogen) atoms. The fraction of sp³-hybridized carbons (Fsp3) is 0.636. The molecule has 0 atom stereocenters. The number of benzene rings is 1. The summed E-state index contributed by atoms with van der Waals surface area (Å²) in [6.45, 7) is 4.45. The van der Waals surface area contributed by atoms with Crippen molar-refractivity contribution in [3.63, 3.8) is 0 Å². The molecule has 0 heterocycles. The molecular formula is C22H39O9P. The molecule has 0 unspecified atom stereocenters. The van der Waals surface area contributed by atoms with Crippen molar-refractivity contribution >= 4 is 7.82 Å². The Morgan fingerprint density at radius 1 is 0.812 bits per heavy atom. The van der Waals surface area contributed by atoms with Gasteiger partial charge < -0.3 is 24.5 Å². The van der Waals surface area contributed by atoms with Crippen LogP contribution in [0.5, 0.6) is 5.75 Å². The first-order valence-electron chi connectivity index (χ1n) is 11.2. The van der Waals surface area contributed by atoms with E-state index in [-0.39, 0.29) is 0 Å². The summed E-state index contributed by atoms with van der Waals surface area (Å²) in [6, 6.07) is 9.02. The van der Waals surface area contributed by atoms with Gasteiger partial charge in [0.15, 0.2) is 5.75 Å². The summed E-state index contributed by atoms with van der Waals surface area (Å²) in [5.41, 5.74) is 0. The largest absolute Gasteiger partial charge is 0.466 e. The van der Waals surface area contributed by atoms with Crippen molar-refractivity contribution in [2.45, 2.75) is 90.9 Å². The maximum atomic E-state index is 8.88. The second-order valence-corrected chi connectivity index (χ2v) is 8.26. The second-order valence-electron chi connectivity index (χ2n) is 7.23. The molecule has 0 fully saturated rings. The van der Waals surface area contributed by atoms with Gasteiger partial charge >= 0.3 is 7.82 Å². The van der Waals surface area contributed by atoms with Crippen molar-refractivity contribution in [3.8, 4) is 5.75 Å². The van der Waals surface area contributed by atoms with Gasteiger partial charge in [0.1, 0.15) is 5.76 Å². The van der Waals surface area contributed by atoms with Gasteiger partial charge in [0.2, 0.25) is 0 Å². The minimum atomic E-state index is -4.64. The van der Waals surface area contributed by atoms with Gasteiger partial charge in [0.05, 0.1) is 0 Å². The summed E-state index contributed by atoms with van der Waals surface area (Å²) in [5, 5.41) is 13.7. The minimum absolute atomic E-state index is 0.514. The van der Waals surface area contributed by atoms with Gasteiger partial charge in [-0.05, 0) is 37.5 Å². The first-order valence-corrected chi connectivity index (χ1v) is 12.8. The van der Waals surface area contributed by atoms with Gasteiger partial charge in [0, 0.05) is 21.5 Å². The number of hydrogen-bond donors (Lipinski definition) is 3. The van der Waals surface area contributed by atoms with E-state index in [9.17, 15) is 0 Å². The quantitative estimate of drug-likeness (QED) is 0.0716. The van der Waals surface area contributed by atoms with E-state index in [0.717, 1.165) is 31.4 Å². The Kier molecular flexibility index (Phi) is 20.4. The average molecular weight is 479 g/mol. The molecule has 0 aliphatic carbocycles. The van der Waals surface area contributed by atoms with Crippen LogP contribution in [-0.2, 0) is 24.6 Å². The Balaban J connectivity index is 0.00000172. The van der Waals surface area contributed by atoms with Crippen molar-refractivity contribution in [1.82, 2.24) is 0 Å². The van der Waals surface area contributed by atoms with E-state index in [1.165, 1.54) is 51.4 Å². The lowest BCUT2D eigenvalue weighted by Gasteiger charge is -2.07. The molecule has 3 N–H and O–H groups in total. The highest BCUT2D eigenvalue weighted by atomic mass is 31.2. The minimum Gasteiger partial charge on any atom is -0.311 e. The molecule has 0 radical (unpaired) electrons. The topological polar surface area (TPSA) is 124 Å². The van der Waals surface area contributed by atoms with Crippen LogP contribution < -0.4 is 4.89 Å². The first kappa shape index (κ1) is 30.6. The molecule has 0 aliphatic rings. The maximum Gasteiger partial charge on any atom is 0.466 e. The van der Waals surface area contributed by atoms with Crippen molar-refractivity contribution in [2.24, 2.45) is 0 Å². The van der Waals surface area contributed by atoms with Gasteiger partial charge in [-0.3, -0.25) is 0 Å². The lowest BCUT2D eigenvalue weighted by molar-refractivity contribution is -0.685. The zero-order valence-electron chi connectivity index (χ0n) is 19.2. The van der Waals surface area contributed by atoms with Crippen LogP contribution in [0.3, 0.4) is 0 Å². The molecule has 1 aromatic rings. The van der Waals surface area contributed by atoms with Crippen LogP contribution in [0.1, 0.15) is 90.9 Å². The Hall–Kier alpha value is -1.45. The van der Waals surface area contributed by atoms with Gasteiger partial charge in [-0.2, -0.15) is 0 Å². The molecule has 9 nitrogen and oxygen atoms in total. The zero-order valence-corrected chi connectivity index (χ0v) is 20.1. The molecule has 1 rings (SSSR count). The smallest absolute Gasteiger partial charge is 0.311 e. The zero-order chi connectivity index (χ0) is 23.9. The lowest BCUT2D eigenvalue weighted by atomic mass is 10.1. The van der Waals surface area contributed by atoms with E-state index >= 15 is 0 Å². The number of phosphoric acid groups is 1. The molecule has 0 saturated heterocycles. The highest BCUT2D eigenvalue weighted by Crippen LogP contribution is 2.25. The SMILES string of the molecule is CCCCCCCC=C(CCCCCCC)OOOOOc1ccccc1.O=P(O)(O)O. The predicted molar refractivity (Wildman–Crippen MR) is 121 cm³/mol. The maximum absolute atomic E-state index is 8.88. The summed E-state index contributed by atoms with van der Waals surface area (Å²) < 4.78 is 8.88. The summed E-state index contributed by atoms with van der Waals surface area (Å²) in [6.07, 6.45) is 16.2. The van der Waals surface area contributed by atoms with Crippen LogP contribution in [0, 0.1) is 0 Å². The Labute approximate surface area is 191 Å². The Bertz CT molecular complexity index is 596. The highest BCUT2D eigenvalue weighted by Gasteiger charge is 2.03. The summed E-state index contributed by atoms with van der Waals surface area (Å²) >= 11 is 0. The summed E-state index contributed by atoms with van der Waals surface area (Å²) in [5.74, 6) is 1.30. The molecule has 0 bridgehead atoms. The van der Waals surface area contributed by atoms with Gasteiger partial charge in [0.25, 0.3) is 0 Å². The molecule has 0 aromatic heterocycles. The highest BCUT2D eigenvalue weighted by molar-refractivity contribution is 7.45. The number of allylic oxidation sites excluding steroid dienone is 2. The molecule has 1 aromatic carbocycles. The van der Waals surface area contributed by atoms with E-state index in [1.807, 2.05) is 18.2 Å². The fourth-order valence-corrected chi connectivity index (χ4v) is 2.69. The monoisotopic (exact) mass is 478 g/mol. The van der Waals surface area contributed by atoms with Crippen molar-refractivity contribution in [1.29, 1.82) is 0 Å². The third kappa shape index (κ3) is 24.8. The van der Waals surface area contributed by atoms with Crippen molar-refractivity contribution in [2.75, 3.05) is 0 Å². The molecular weight excluding hydrogens is 439 g/mol. The molecule has 186 valence electrons. The van der Waals surface area contributed by atoms with Crippen molar-refractivity contribution in [3.05, 3.63) is 42.2 Å². The normalized spacial score (nSPS) is 11.6. The second kappa shape index (κ2) is 21.4. The number of unbranched alkanes of at least 4 members (excludes halogenated alkanes) is 9. The molecule has 0 spiro atoms. The third-order valence-corrected chi connectivity index (χ3v) is 4.28. The fourth-order valence-electron chi connectivity index (χ4n) is 2.69. The van der Waals surface area contributed by atoms with Crippen LogP contribution >= 0.6 is 7.82 Å². The molecule has 0 amide bonds. The molecule has 0 saturated carbocycles. The first-order chi connectivity index (χ1) is 15.4. The summed E-state index contributed by atoms with van der Waals surface area (Å²) in [7, 11) is -4.64. The molecule has 10 heteroatoms. The average Bonchev–Trinajstić information content (AvgIpc) is 2.74. The van der Waals surface area contributed by atoms with Gasteiger partial charge in [-0.25, -0.2) is 4.57 Å².